The number of aliphatic hydroxyl groups excluding tert-OH is 1. The Kier molecular flexibility index (Phi) is 6.06. The maximum atomic E-state index is 12.2. The van der Waals surface area contributed by atoms with Crippen molar-refractivity contribution < 1.29 is 23.4 Å². The van der Waals surface area contributed by atoms with Crippen LogP contribution in [0.25, 0.3) is 0 Å². The highest BCUT2D eigenvalue weighted by molar-refractivity contribution is 5.37. The standard InChI is InChI=1S/C20H23F2NO3/c1-2-25-18-8-3-14-9-10-23(12-16(14)11-18)13-19(24)15-4-6-17(7-5-15)26-20(21)22/h3-8,11,19-20,24H,2,9-10,12-13H2,1H3. The Balaban J connectivity index is 1.61. The van der Waals surface area contributed by atoms with Gasteiger partial charge in [0, 0.05) is 19.6 Å². The zero-order valence-electron chi connectivity index (χ0n) is 14.7. The first-order chi connectivity index (χ1) is 12.5. The van der Waals surface area contributed by atoms with Gasteiger partial charge in [-0.05, 0) is 54.3 Å². The minimum Gasteiger partial charge on any atom is -0.494 e. The lowest BCUT2D eigenvalue weighted by atomic mass is 9.98. The average Bonchev–Trinajstić information content (AvgIpc) is 2.62. The van der Waals surface area contributed by atoms with Crippen LogP contribution in [0.2, 0.25) is 0 Å². The number of rotatable bonds is 7. The number of fused-ring (bicyclic) bond motifs is 1. The van der Waals surface area contributed by atoms with Crippen LogP contribution < -0.4 is 9.47 Å². The van der Waals surface area contributed by atoms with Crippen molar-refractivity contribution in [3.63, 3.8) is 0 Å². The zero-order chi connectivity index (χ0) is 18.5. The Morgan fingerprint density at radius 2 is 1.81 bits per heavy atom. The molecule has 2 aromatic rings. The summed E-state index contributed by atoms with van der Waals surface area (Å²) < 4.78 is 34.3. The molecule has 140 valence electrons. The van der Waals surface area contributed by atoms with Gasteiger partial charge in [0.25, 0.3) is 0 Å². The molecule has 3 rings (SSSR count). The van der Waals surface area contributed by atoms with E-state index in [0.29, 0.717) is 18.7 Å². The summed E-state index contributed by atoms with van der Waals surface area (Å²) in [6, 6.07) is 12.3. The summed E-state index contributed by atoms with van der Waals surface area (Å²) in [5.41, 5.74) is 3.21. The molecule has 0 aromatic heterocycles. The van der Waals surface area contributed by atoms with E-state index in [2.05, 4.69) is 21.8 Å². The van der Waals surface area contributed by atoms with Crippen molar-refractivity contribution in [2.45, 2.75) is 32.6 Å². The number of benzene rings is 2. The summed E-state index contributed by atoms with van der Waals surface area (Å²) >= 11 is 0. The molecular weight excluding hydrogens is 340 g/mol. The molecule has 0 saturated heterocycles. The van der Waals surface area contributed by atoms with Crippen molar-refractivity contribution >= 4 is 0 Å². The van der Waals surface area contributed by atoms with Crippen LogP contribution in [-0.2, 0) is 13.0 Å². The Labute approximate surface area is 152 Å². The van der Waals surface area contributed by atoms with Crippen LogP contribution in [0, 0.1) is 0 Å². The molecule has 26 heavy (non-hydrogen) atoms. The van der Waals surface area contributed by atoms with Crippen LogP contribution in [0.1, 0.15) is 29.7 Å². The molecular formula is C20H23F2NO3. The van der Waals surface area contributed by atoms with Gasteiger partial charge in [-0.1, -0.05) is 18.2 Å². The largest absolute Gasteiger partial charge is 0.494 e. The van der Waals surface area contributed by atoms with Crippen LogP contribution in [-0.4, -0.2) is 36.3 Å². The van der Waals surface area contributed by atoms with Gasteiger partial charge in [-0.3, -0.25) is 4.90 Å². The Morgan fingerprint density at radius 3 is 2.50 bits per heavy atom. The van der Waals surface area contributed by atoms with Crippen molar-refractivity contribution in [3.8, 4) is 11.5 Å². The quantitative estimate of drug-likeness (QED) is 0.813. The number of aliphatic hydroxyl groups is 1. The molecule has 0 radical (unpaired) electrons. The first kappa shape index (κ1) is 18.6. The van der Waals surface area contributed by atoms with E-state index >= 15 is 0 Å². The van der Waals surface area contributed by atoms with Gasteiger partial charge in [0.15, 0.2) is 0 Å². The van der Waals surface area contributed by atoms with Crippen molar-refractivity contribution in [2.75, 3.05) is 19.7 Å². The number of halogens is 2. The van der Waals surface area contributed by atoms with Crippen LogP contribution in [0.3, 0.4) is 0 Å². The Bertz CT molecular complexity index is 721. The summed E-state index contributed by atoms with van der Waals surface area (Å²) in [5, 5.41) is 10.5. The number of hydrogen-bond donors (Lipinski definition) is 1. The highest BCUT2D eigenvalue weighted by atomic mass is 19.3. The molecule has 1 N–H and O–H groups in total. The first-order valence-corrected chi connectivity index (χ1v) is 8.75. The summed E-state index contributed by atoms with van der Waals surface area (Å²) in [6.45, 7) is 1.84. The van der Waals surface area contributed by atoms with Gasteiger partial charge in [-0.2, -0.15) is 8.78 Å². The minimum atomic E-state index is -2.85. The average molecular weight is 363 g/mol. The summed E-state index contributed by atoms with van der Waals surface area (Å²) in [7, 11) is 0. The monoisotopic (exact) mass is 363 g/mol. The SMILES string of the molecule is CCOc1ccc2c(c1)CN(CC(O)c1ccc(OC(F)F)cc1)CC2. The molecule has 1 aliphatic heterocycles. The van der Waals surface area contributed by atoms with Gasteiger partial charge in [0.2, 0.25) is 0 Å². The highest BCUT2D eigenvalue weighted by Crippen LogP contribution is 2.26. The fourth-order valence-corrected chi connectivity index (χ4v) is 3.23. The molecule has 6 heteroatoms. The molecule has 0 aliphatic carbocycles. The third-order valence-corrected chi connectivity index (χ3v) is 4.50. The number of β-amino-alcohol motifs (C(OH)–C–C–N with tert-alkyl or cyclic N) is 1. The number of hydrogen-bond acceptors (Lipinski definition) is 4. The van der Waals surface area contributed by atoms with E-state index in [4.69, 9.17) is 4.74 Å². The predicted octanol–water partition coefficient (Wildman–Crippen LogP) is 3.78. The van der Waals surface area contributed by atoms with E-state index in [-0.39, 0.29) is 5.75 Å². The summed E-state index contributed by atoms with van der Waals surface area (Å²) in [6.07, 6.45) is 0.238. The van der Waals surface area contributed by atoms with Crippen LogP contribution >= 0.6 is 0 Å². The van der Waals surface area contributed by atoms with Crippen molar-refractivity contribution in [1.82, 2.24) is 4.90 Å². The predicted molar refractivity (Wildman–Crippen MR) is 94.6 cm³/mol. The molecule has 1 heterocycles. The van der Waals surface area contributed by atoms with Gasteiger partial charge >= 0.3 is 6.61 Å². The molecule has 1 aliphatic rings. The number of ether oxygens (including phenoxy) is 2. The minimum absolute atomic E-state index is 0.0892. The van der Waals surface area contributed by atoms with E-state index in [1.165, 1.54) is 23.3 Å². The fourth-order valence-electron chi connectivity index (χ4n) is 3.23. The topological polar surface area (TPSA) is 41.9 Å². The molecule has 0 bridgehead atoms. The number of nitrogens with zero attached hydrogens (tertiary/aromatic N) is 1. The fraction of sp³-hybridized carbons (Fsp3) is 0.400. The molecule has 0 spiro atoms. The molecule has 0 fully saturated rings. The molecule has 4 nitrogen and oxygen atoms in total. The van der Waals surface area contributed by atoms with Crippen molar-refractivity contribution in [2.24, 2.45) is 0 Å². The molecule has 1 atom stereocenters. The van der Waals surface area contributed by atoms with Gasteiger partial charge in [0.05, 0.1) is 12.7 Å². The van der Waals surface area contributed by atoms with E-state index in [1.807, 2.05) is 13.0 Å². The van der Waals surface area contributed by atoms with Gasteiger partial charge in [0.1, 0.15) is 11.5 Å². The van der Waals surface area contributed by atoms with Gasteiger partial charge < -0.3 is 14.6 Å². The zero-order valence-corrected chi connectivity index (χ0v) is 14.7. The van der Waals surface area contributed by atoms with Crippen LogP contribution in [0.4, 0.5) is 8.78 Å². The lowest BCUT2D eigenvalue weighted by Gasteiger charge is -2.30. The lowest BCUT2D eigenvalue weighted by molar-refractivity contribution is -0.0498. The second-order valence-corrected chi connectivity index (χ2v) is 6.31. The normalized spacial score (nSPS) is 15.6. The van der Waals surface area contributed by atoms with E-state index in [0.717, 1.165) is 25.3 Å². The molecule has 1 unspecified atom stereocenters. The van der Waals surface area contributed by atoms with Gasteiger partial charge in [-0.15, -0.1) is 0 Å². The van der Waals surface area contributed by atoms with E-state index in [1.54, 1.807) is 12.1 Å². The highest BCUT2D eigenvalue weighted by Gasteiger charge is 2.20. The van der Waals surface area contributed by atoms with E-state index < -0.39 is 12.7 Å². The molecule has 2 aromatic carbocycles. The second-order valence-electron chi connectivity index (χ2n) is 6.31. The van der Waals surface area contributed by atoms with Crippen LogP contribution in [0.15, 0.2) is 42.5 Å². The maximum absolute atomic E-state index is 12.2. The van der Waals surface area contributed by atoms with Gasteiger partial charge in [-0.25, -0.2) is 0 Å². The molecule has 0 saturated carbocycles. The number of alkyl halides is 2. The van der Waals surface area contributed by atoms with Crippen molar-refractivity contribution in [1.29, 1.82) is 0 Å². The van der Waals surface area contributed by atoms with E-state index in [9.17, 15) is 13.9 Å². The first-order valence-electron chi connectivity index (χ1n) is 8.75. The smallest absolute Gasteiger partial charge is 0.387 e. The van der Waals surface area contributed by atoms with Crippen LogP contribution in [0.5, 0.6) is 11.5 Å². The maximum Gasteiger partial charge on any atom is 0.387 e. The second kappa shape index (κ2) is 8.47. The Morgan fingerprint density at radius 1 is 1.08 bits per heavy atom. The summed E-state index contributed by atoms with van der Waals surface area (Å²) in [5.74, 6) is 0.953. The lowest BCUT2D eigenvalue weighted by Crippen LogP contribution is -2.34. The molecule has 0 amide bonds. The van der Waals surface area contributed by atoms with Crippen molar-refractivity contribution in [3.05, 3.63) is 59.2 Å². The third kappa shape index (κ3) is 4.71. The summed E-state index contributed by atoms with van der Waals surface area (Å²) in [4.78, 5) is 2.19. The Hall–Kier alpha value is -2.18. The third-order valence-electron chi connectivity index (χ3n) is 4.50.